The molecule has 6 aromatic carbocycles. The van der Waals surface area contributed by atoms with Crippen molar-refractivity contribution in [3.8, 4) is 57.5 Å². The lowest BCUT2D eigenvalue weighted by atomic mass is 10.1. The van der Waals surface area contributed by atoms with E-state index in [0.29, 0.717) is 49.1 Å². The SMILES string of the molecule is CCCCCCCCCCC(Oc1ccc(Oc2ccc(OC(CCCCCCCCCC)[Si](C)(O[Si](C)(C)C)O[Si](C)(CCCCCCCCCCCOc3ccc(C(=O)Oc4ccc(OCCCCCC)cc4)cc3)O[Si](C)(C)C)cc2)cc1)[Si](C)(O[Si](C)(C)C)O[Si](C)(CCCCCCCCCCCOc1ccc(C(=O)Oc2ccc(OCCCCCC)cc2)cc1)O[Si](C)(C)C. The predicted octanol–water partition coefficient (Wildman–Crippen LogP) is 34.4. The van der Waals surface area contributed by atoms with Gasteiger partial charge in [-0.2, -0.15) is 0 Å². The molecule has 25 heteroatoms. The van der Waals surface area contributed by atoms with Gasteiger partial charge >= 0.3 is 46.2 Å². The maximum atomic E-state index is 12.9. The molecule has 6 unspecified atom stereocenters. The molecular formula is C110H186O17Si8. The highest BCUT2D eigenvalue weighted by molar-refractivity contribution is 6.91. The van der Waals surface area contributed by atoms with E-state index >= 15 is 0 Å². The topological polar surface area (TPSA) is 173 Å². The molecule has 0 N–H and O–H groups in total. The van der Waals surface area contributed by atoms with Gasteiger partial charge in [-0.05, 0) is 314 Å². The van der Waals surface area contributed by atoms with Crippen LogP contribution in [0.5, 0.6) is 57.5 Å². The van der Waals surface area contributed by atoms with Crippen molar-refractivity contribution < 1.29 is 76.9 Å². The summed E-state index contributed by atoms with van der Waals surface area (Å²) in [5, 5.41) is 0. The van der Waals surface area contributed by atoms with E-state index in [1.165, 1.54) is 180 Å². The van der Waals surface area contributed by atoms with Gasteiger partial charge in [0.2, 0.25) is 0 Å². The number of benzene rings is 6. The second kappa shape index (κ2) is 64.7. The summed E-state index contributed by atoms with van der Waals surface area (Å²) in [4.78, 5) is 25.9. The number of carbonyl (C=O) groups excluding carboxylic acids is 2. The van der Waals surface area contributed by atoms with Gasteiger partial charge in [-0.15, -0.1) is 0 Å². The van der Waals surface area contributed by atoms with E-state index in [0.717, 1.165) is 161 Å². The molecular weight excluding hydrogens is 1820 g/mol. The molecule has 760 valence electrons. The van der Waals surface area contributed by atoms with Crippen LogP contribution in [0.3, 0.4) is 0 Å². The molecule has 6 rings (SSSR count). The second-order valence-electron chi connectivity index (χ2n) is 42.3. The molecule has 135 heavy (non-hydrogen) atoms. The van der Waals surface area contributed by atoms with Crippen LogP contribution in [0.4, 0.5) is 0 Å². The van der Waals surface area contributed by atoms with E-state index in [2.05, 4.69) is 157 Å². The zero-order chi connectivity index (χ0) is 98.2. The molecule has 0 bridgehead atoms. The van der Waals surface area contributed by atoms with Crippen molar-refractivity contribution in [3.05, 3.63) is 157 Å². The first-order chi connectivity index (χ1) is 64.5. The number of hydrogen-bond donors (Lipinski definition) is 0. The van der Waals surface area contributed by atoms with Crippen LogP contribution in [0.2, 0.25) is 117 Å². The molecule has 0 amide bonds. The fraction of sp³-hybridized carbons (Fsp3) is 0.655. The van der Waals surface area contributed by atoms with Crippen LogP contribution in [-0.4, -0.2) is 117 Å². The van der Waals surface area contributed by atoms with Gasteiger partial charge in [0.1, 0.15) is 68.9 Å². The zero-order valence-corrected chi connectivity index (χ0v) is 96.3. The molecule has 0 heterocycles. The molecule has 0 radical (unpaired) electrons. The normalized spacial score (nSPS) is 14.3. The standard InChI is InChI=1S/C110H186O17Si8/c1-21-25-29-33-35-43-49-55-63-107(134(19,124-130(11,12)13)126-132(17,122-128(5,6)7)93-61-53-47-41-37-39-45-51-59-91-113-97-69-65-95(66-70-97)109(111)120-105-77-73-99(74-78-105)115-89-57-31-27-23-3)118-103-85-81-101(82-86-103)117-102-83-87-104(88-84-102)119-108(64-56-50-44-36-34-30-26-22-2)135(20,125-131(14,15)16)127-133(18,123-129(8,9)10)94-62-54-48-42-38-40-46-52-60-92-114-98-71-67-96(68-72-98)110(112)121-106-79-75-100(76-80-106)116-90-58-32-28-24-4/h65-88,107-108H,21-64,89-94H2,1-20H3. The van der Waals surface area contributed by atoms with Crippen LogP contribution >= 0.6 is 0 Å². The van der Waals surface area contributed by atoms with Gasteiger partial charge in [-0.3, -0.25) is 0 Å². The highest BCUT2D eigenvalue weighted by Gasteiger charge is 2.54. The number of rotatable bonds is 80. The summed E-state index contributed by atoms with van der Waals surface area (Å²) in [5.74, 6) is 6.26. The van der Waals surface area contributed by atoms with E-state index in [-0.39, 0.29) is 11.5 Å². The minimum absolute atomic E-state index is 0.252. The fourth-order valence-corrected chi connectivity index (χ4v) is 54.4. The summed E-state index contributed by atoms with van der Waals surface area (Å²) in [6.07, 6.45) is 51.3. The molecule has 0 saturated heterocycles. The second-order valence-corrected chi connectivity index (χ2v) is 75.0. The Morgan fingerprint density at radius 2 is 0.430 bits per heavy atom. The Hall–Kier alpha value is -5.64. The van der Waals surface area contributed by atoms with Crippen LogP contribution < -0.4 is 42.6 Å². The van der Waals surface area contributed by atoms with Crippen molar-refractivity contribution in [2.24, 2.45) is 0 Å². The molecule has 17 nitrogen and oxygen atoms in total. The minimum Gasteiger partial charge on any atom is -0.494 e. The molecule has 0 spiro atoms. The molecule has 0 aromatic heterocycles. The van der Waals surface area contributed by atoms with E-state index in [9.17, 15) is 9.59 Å². The molecule has 6 atom stereocenters. The number of carbonyl (C=O) groups is 2. The van der Waals surface area contributed by atoms with Crippen molar-refractivity contribution >= 4 is 79.5 Å². The van der Waals surface area contributed by atoms with Crippen molar-refractivity contribution in [2.75, 3.05) is 26.4 Å². The Bertz CT molecular complexity index is 3810. The van der Waals surface area contributed by atoms with Crippen molar-refractivity contribution in [1.29, 1.82) is 0 Å². The van der Waals surface area contributed by atoms with Gasteiger partial charge in [0.25, 0.3) is 0 Å². The average Bonchev–Trinajstić information content (AvgIpc) is 0.787. The molecule has 0 aliphatic carbocycles. The third-order valence-electron chi connectivity index (χ3n) is 24.0. The summed E-state index contributed by atoms with van der Waals surface area (Å²) in [5.41, 5.74) is 0.458. The molecule has 0 saturated carbocycles. The van der Waals surface area contributed by atoms with Gasteiger partial charge in [-0.25, -0.2) is 9.59 Å². The average molecular weight is 2010 g/mol. The lowest BCUT2D eigenvalue weighted by Crippen LogP contribution is -2.64. The number of ether oxygens (including phenoxy) is 9. The molecule has 6 aromatic rings. The Labute approximate surface area is 829 Å². The van der Waals surface area contributed by atoms with Gasteiger partial charge in [0.05, 0.1) is 37.6 Å². The summed E-state index contributed by atoms with van der Waals surface area (Å²) in [6.45, 7) is 48.5. The fourth-order valence-electron chi connectivity index (χ4n) is 17.6. The zero-order valence-electron chi connectivity index (χ0n) is 88.3. The molecule has 0 aliphatic rings. The van der Waals surface area contributed by atoms with Gasteiger partial charge < -0.3 is 67.3 Å². The third-order valence-corrected chi connectivity index (χ3v) is 52.9. The van der Waals surface area contributed by atoms with E-state index in [1.54, 1.807) is 48.5 Å². The summed E-state index contributed by atoms with van der Waals surface area (Å²) in [7, 11) is -20.4. The molecule has 0 aliphatic heterocycles. The monoisotopic (exact) mass is 2000 g/mol. The largest absolute Gasteiger partial charge is 0.494 e. The van der Waals surface area contributed by atoms with E-state index in [4.69, 9.17) is 67.3 Å². The third kappa shape index (κ3) is 53.2. The maximum absolute atomic E-state index is 12.9. The Balaban J connectivity index is 1.02. The summed E-state index contributed by atoms with van der Waals surface area (Å²) >= 11 is 0. The first-order valence-electron chi connectivity index (χ1n) is 53.3. The summed E-state index contributed by atoms with van der Waals surface area (Å²) in [6, 6.07) is 47.2. The Morgan fingerprint density at radius 3 is 0.689 bits per heavy atom. The van der Waals surface area contributed by atoms with Crippen LogP contribution in [0.1, 0.15) is 331 Å². The maximum Gasteiger partial charge on any atom is 0.358 e. The Morgan fingerprint density at radius 1 is 0.222 bits per heavy atom. The smallest absolute Gasteiger partial charge is 0.358 e. The van der Waals surface area contributed by atoms with Crippen molar-refractivity contribution in [1.82, 2.24) is 0 Å². The first-order valence-corrected chi connectivity index (χ1v) is 76.8. The van der Waals surface area contributed by atoms with Crippen molar-refractivity contribution in [2.45, 2.75) is 439 Å². The predicted molar refractivity (Wildman–Crippen MR) is 581 cm³/mol. The Kier molecular flexibility index (Phi) is 56.6. The number of hydrogen-bond acceptors (Lipinski definition) is 17. The van der Waals surface area contributed by atoms with Crippen LogP contribution in [0.25, 0.3) is 0 Å². The minimum atomic E-state index is -3.15. The summed E-state index contributed by atoms with van der Waals surface area (Å²) < 4.78 is 102. The highest BCUT2D eigenvalue weighted by Crippen LogP contribution is 2.39. The van der Waals surface area contributed by atoms with Crippen LogP contribution in [0, 0.1) is 0 Å². The quantitative estimate of drug-likeness (QED) is 0.0153. The van der Waals surface area contributed by atoms with Crippen LogP contribution in [0.15, 0.2) is 146 Å². The van der Waals surface area contributed by atoms with Gasteiger partial charge in [-0.1, -0.05) is 259 Å². The van der Waals surface area contributed by atoms with Gasteiger partial charge in [0, 0.05) is 0 Å². The van der Waals surface area contributed by atoms with E-state index < -0.39 is 79.5 Å². The van der Waals surface area contributed by atoms with Crippen molar-refractivity contribution in [3.63, 3.8) is 0 Å². The van der Waals surface area contributed by atoms with E-state index in [1.807, 2.05) is 72.8 Å². The van der Waals surface area contributed by atoms with Gasteiger partial charge in [0.15, 0.2) is 33.3 Å². The number of unbranched alkanes of at least 4 members (excludes halogenated alkanes) is 36. The lowest BCUT2D eigenvalue weighted by molar-refractivity contribution is 0.0725. The first kappa shape index (κ1) is 118. The number of esters is 2. The van der Waals surface area contributed by atoms with Crippen LogP contribution in [-0.2, 0) is 24.7 Å². The lowest BCUT2D eigenvalue weighted by Gasteiger charge is -2.45. The molecule has 0 fully saturated rings. The highest BCUT2D eigenvalue weighted by atomic mass is 28.5.